The Bertz CT molecular complexity index is 1130. The number of aromatic nitrogens is 4. The lowest BCUT2D eigenvalue weighted by atomic mass is 10.3. The van der Waals surface area contributed by atoms with Crippen LogP contribution < -0.4 is 10.5 Å². The van der Waals surface area contributed by atoms with Crippen LogP contribution in [0.15, 0.2) is 58.6 Å². The highest BCUT2D eigenvalue weighted by atomic mass is 35.5. The van der Waals surface area contributed by atoms with Crippen LogP contribution in [0.2, 0.25) is 5.02 Å². The van der Waals surface area contributed by atoms with Gasteiger partial charge in [-0.1, -0.05) is 23.4 Å². The molecule has 1 aromatic carbocycles. The number of halogens is 1. The summed E-state index contributed by atoms with van der Waals surface area (Å²) in [6, 6.07) is 12.0. The van der Waals surface area contributed by atoms with Crippen LogP contribution in [0.25, 0.3) is 5.69 Å². The maximum atomic E-state index is 12.6. The third kappa shape index (κ3) is 5.23. The van der Waals surface area contributed by atoms with Gasteiger partial charge in [-0.3, -0.25) is 9.59 Å². The maximum absolute atomic E-state index is 12.6. The van der Waals surface area contributed by atoms with Crippen LogP contribution >= 0.6 is 23.4 Å². The molecule has 0 unspecified atom stereocenters. The van der Waals surface area contributed by atoms with Crippen molar-refractivity contribution >= 4 is 35.1 Å². The first-order valence-electron chi connectivity index (χ1n) is 9.81. The molecule has 4 rings (SSSR count). The average molecular weight is 457 g/mol. The fourth-order valence-corrected chi connectivity index (χ4v) is 4.14. The molecule has 31 heavy (non-hydrogen) atoms. The third-order valence-electron chi connectivity index (χ3n) is 4.91. The van der Waals surface area contributed by atoms with E-state index < -0.39 is 0 Å². The van der Waals surface area contributed by atoms with Crippen molar-refractivity contribution in [2.75, 3.05) is 36.8 Å². The summed E-state index contributed by atoms with van der Waals surface area (Å²) in [7, 11) is 0. The molecule has 0 radical (unpaired) electrons. The summed E-state index contributed by atoms with van der Waals surface area (Å²) < 4.78 is 1.36. The molecule has 0 aliphatic carbocycles. The van der Waals surface area contributed by atoms with Gasteiger partial charge in [-0.2, -0.15) is 4.68 Å². The van der Waals surface area contributed by atoms with E-state index in [0.29, 0.717) is 53.6 Å². The van der Waals surface area contributed by atoms with Crippen LogP contribution in [0.3, 0.4) is 0 Å². The number of thioether (sulfide) groups is 1. The Kier molecular flexibility index (Phi) is 6.53. The van der Waals surface area contributed by atoms with Gasteiger partial charge in [0, 0.05) is 49.2 Å². The van der Waals surface area contributed by atoms with Crippen LogP contribution in [-0.2, 0) is 4.79 Å². The first kappa shape index (κ1) is 21.3. The van der Waals surface area contributed by atoms with Gasteiger partial charge in [0.25, 0.3) is 5.56 Å². The molecule has 1 saturated heterocycles. The first-order chi connectivity index (χ1) is 15.0. The van der Waals surface area contributed by atoms with E-state index in [4.69, 9.17) is 11.6 Å². The Labute approximate surface area is 188 Å². The van der Waals surface area contributed by atoms with Gasteiger partial charge < -0.3 is 9.80 Å². The van der Waals surface area contributed by atoms with Crippen LogP contribution in [0.5, 0.6) is 0 Å². The Morgan fingerprint density at radius 1 is 1.06 bits per heavy atom. The van der Waals surface area contributed by atoms with Gasteiger partial charge in [-0.15, -0.1) is 5.10 Å². The highest BCUT2D eigenvalue weighted by molar-refractivity contribution is 7.99. The van der Waals surface area contributed by atoms with E-state index in [1.807, 2.05) is 17.9 Å². The van der Waals surface area contributed by atoms with Crippen molar-refractivity contribution in [1.82, 2.24) is 24.6 Å². The molecule has 1 aliphatic heterocycles. The molecule has 0 atom stereocenters. The highest BCUT2D eigenvalue weighted by Gasteiger charge is 2.22. The number of carbonyl (C=O) groups is 1. The smallest absolute Gasteiger partial charge is 0.271 e. The molecule has 1 aliphatic rings. The Morgan fingerprint density at radius 2 is 1.81 bits per heavy atom. The minimum atomic E-state index is -0.213. The average Bonchev–Trinajstić information content (AvgIpc) is 2.79. The molecule has 0 saturated carbocycles. The summed E-state index contributed by atoms with van der Waals surface area (Å²) in [5, 5.41) is 5.72. The number of nitrogens with zero attached hydrogens (tertiary/aromatic N) is 6. The Morgan fingerprint density at radius 3 is 2.52 bits per heavy atom. The fraction of sp³-hybridized carbons (Fsp3) is 0.286. The van der Waals surface area contributed by atoms with E-state index in [1.165, 1.54) is 22.5 Å². The zero-order valence-corrected chi connectivity index (χ0v) is 18.5. The molecule has 160 valence electrons. The Hall–Kier alpha value is -2.91. The van der Waals surface area contributed by atoms with Crippen LogP contribution in [-0.4, -0.2) is 62.5 Å². The van der Waals surface area contributed by atoms with Crippen LogP contribution in [0.1, 0.15) is 5.69 Å². The summed E-state index contributed by atoms with van der Waals surface area (Å²) in [6.45, 7) is 4.37. The van der Waals surface area contributed by atoms with E-state index in [1.54, 1.807) is 36.5 Å². The van der Waals surface area contributed by atoms with Gasteiger partial charge in [0.2, 0.25) is 5.91 Å². The molecule has 3 heterocycles. The minimum absolute atomic E-state index is 0.0637. The van der Waals surface area contributed by atoms with Crippen molar-refractivity contribution in [2.45, 2.75) is 12.1 Å². The molecule has 0 N–H and O–H groups in total. The molecule has 1 fully saturated rings. The molecular formula is C21H21ClN6O2S. The van der Waals surface area contributed by atoms with Crippen molar-refractivity contribution < 1.29 is 4.79 Å². The number of amides is 1. The summed E-state index contributed by atoms with van der Waals surface area (Å²) in [5.74, 6) is 1.07. The molecule has 1 amide bonds. The monoisotopic (exact) mass is 456 g/mol. The number of carbonyl (C=O) groups excluding carboxylic acids is 1. The van der Waals surface area contributed by atoms with E-state index >= 15 is 0 Å². The highest BCUT2D eigenvalue weighted by Crippen LogP contribution is 2.17. The zero-order chi connectivity index (χ0) is 21.8. The maximum Gasteiger partial charge on any atom is 0.271 e. The van der Waals surface area contributed by atoms with E-state index in [9.17, 15) is 9.59 Å². The second kappa shape index (κ2) is 9.49. The van der Waals surface area contributed by atoms with Gasteiger partial charge in [0.1, 0.15) is 5.82 Å². The van der Waals surface area contributed by atoms with Crippen LogP contribution in [0, 0.1) is 6.92 Å². The first-order valence-corrected chi connectivity index (χ1v) is 11.2. The SMILES string of the molecule is Cc1ccnc(SCC(=O)N2CCN(c3ccc(=O)n(-c4ccc(Cl)cc4)n3)CC2)n1. The van der Waals surface area contributed by atoms with Gasteiger partial charge in [0.15, 0.2) is 5.16 Å². The van der Waals surface area contributed by atoms with Gasteiger partial charge in [-0.05, 0) is 43.3 Å². The minimum Gasteiger partial charge on any atom is -0.352 e. The van der Waals surface area contributed by atoms with Gasteiger partial charge >= 0.3 is 0 Å². The van der Waals surface area contributed by atoms with Crippen molar-refractivity contribution in [3.05, 3.63) is 69.7 Å². The Balaban J connectivity index is 1.37. The number of benzene rings is 1. The third-order valence-corrected chi connectivity index (χ3v) is 6.01. The lowest BCUT2D eigenvalue weighted by Crippen LogP contribution is -2.49. The number of piperazine rings is 1. The van der Waals surface area contributed by atoms with E-state index in [-0.39, 0.29) is 11.5 Å². The van der Waals surface area contributed by atoms with E-state index in [2.05, 4.69) is 20.0 Å². The second-order valence-electron chi connectivity index (χ2n) is 7.06. The summed E-state index contributed by atoms with van der Waals surface area (Å²) in [5.41, 5.74) is 1.32. The van der Waals surface area contributed by atoms with Crippen molar-refractivity contribution in [2.24, 2.45) is 0 Å². The van der Waals surface area contributed by atoms with Gasteiger partial charge in [0.05, 0.1) is 11.4 Å². The largest absolute Gasteiger partial charge is 0.352 e. The number of hydrogen-bond acceptors (Lipinski definition) is 7. The van der Waals surface area contributed by atoms with E-state index in [0.717, 1.165) is 5.69 Å². The molecule has 2 aromatic heterocycles. The number of aryl methyl sites for hydroxylation is 1. The van der Waals surface area contributed by atoms with Gasteiger partial charge in [-0.25, -0.2) is 9.97 Å². The predicted octanol–water partition coefficient (Wildman–Crippen LogP) is 2.43. The summed E-state index contributed by atoms with van der Waals surface area (Å²) in [4.78, 5) is 37.3. The standard InChI is InChI=1S/C21H21ClN6O2S/c1-15-8-9-23-21(24-15)31-14-20(30)27-12-10-26(11-13-27)18-6-7-19(29)28(25-18)17-4-2-16(22)3-5-17/h2-9H,10-14H2,1H3. The normalized spacial score (nSPS) is 14.0. The molecular weight excluding hydrogens is 436 g/mol. The van der Waals surface area contributed by atoms with Crippen molar-refractivity contribution in [1.29, 1.82) is 0 Å². The summed E-state index contributed by atoms with van der Waals surface area (Å²) in [6.07, 6.45) is 1.70. The fourth-order valence-electron chi connectivity index (χ4n) is 3.24. The second-order valence-corrected chi connectivity index (χ2v) is 8.43. The molecule has 10 heteroatoms. The van der Waals surface area contributed by atoms with Crippen molar-refractivity contribution in [3.63, 3.8) is 0 Å². The molecule has 8 nitrogen and oxygen atoms in total. The molecule has 0 spiro atoms. The topological polar surface area (TPSA) is 84.2 Å². The zero-order valence-electron chi connectivity index (χ0n) is 16.9. The number of rotatable bonds is 5. The number of hydrogen-bond donors (Lipinski definition) is 0. The van der Waals surface area contributed by atoms with Crippen LogP contribution in [0.4, 0.5) is 5.82 Å². The van der Waals surface area contributed by atoms with Crippen molar-refractivity contribution in [3.8, 4) is 5.69 Å². The molecule has 0 bridgehead atoms. The number of anilines is 1. The molecule has 3 aromatic rings. The lowest BCUT2D eigenvalue weighted by molar-refractivity contribution is -0.128. The summed E-state index contributed by atoms with van der Waals surface area (Å²) >= 11 is 7.29. The quantitative estimate of drug-likeness (QED) is 0.430. The predicted molar refractivity (Wildman–Crippen MR) is 121 cm³/mol. The lowest BCUT2D eigenvalue weighted by Gasteiger charge is -2.35.